The van der Waals surface area contributed by atoms with Gasteiger partial charge in [-0.25, -0.2) is 0 Å². The number of esters is 1. The summed E-state index contributed by atoms with van der Waals surface area (Å²) < 4.78 is 5.39. The molecule has 0 spiro atoms. The molecule has 1 rings (SSSR count). The van der Waals surface area contributed by atoms with Crippen LogP contribution in [0.4, 0.5) is 0 Å². The van der Waals surface area contributed by atoms with Crippen molar-refractivity contribution >= 4 is 5.97 Å². The lowest BCUT2D eigenvalue weighted by Crippen LogP contribution is -2.35. The molecule has 15 heavy (non-hydrogen) atoms. The van der Waals surface area contributed by atoms with E-state index in [4.69, 9.17) is 10.5 Å². The molecule has 3 heteroatoms. The van der Waals surface area contributed by atoms with Crippen LogP contribution in [0.1, 0.15) is 58.3 Å². The summed E-state index contributed by atoms with van der Waals surface area (Å²) in [5.41, 5.74) is 5.75. The van der Waals surface area contributed by atoms with Gasteiger partial charge in [-0.15, -0.1) is 0 Å². The van der Waals surface area contributed by atoms with Gasteiger partial charge >= 0.3 is 5.97 Å². The van der Waals surface area contributed by atoms with Gasteiger partial charge in [0.1, 0.15) is 12.1 Å². The summed E-state index contributed by atoms with van der Waals surface area (Å²) in [5.74, 6) is -0.199. The number of hydrogen-bond donors (Lipinski definition) is 1. The van der Waals surface area contributed by atoms with Crippen LogP contribution in [0.3, 0.4) is 0 Å². The number of carbonyl (C=O) groups is 1. The topological polar surface area (TPSA) is 52.3 Å². The molecule has 1 atom stereocenters. The fraction of sp³-hybridized carbons (Fsp3) is 0.917. The number of hydrogen-bond acceptors (Lipinski definition) is 3. The third kappa shape index (κ3) is 4.65. The van der Waals surface area contributed by atoms with Gasteiger partial charge in [0.15, 0.2) is 0 Å². The Bertz CT molecular complexity index is 188. The zero-order valence-electron chi connectivity index (χ0n) is 9.71. The Morgan fingerprint density at radius 1 is 1.40 bits per heavy atom. The van der Waals surface area contributed by atoms with Crippen LogP contribution >= 0.6 is 0 Å². The number of ether oxygens (including phenoxy) is 1. The highest BCUT2D eigenvalue weighted by atomic mass is 16.5. The van der Waals surface area contributed by atoms with Crippen LogP contribution in [-0.4, -0.2) is 18.1 Å². The van der Waals surface area contributed by atoms with Gasteiger partial charge in [-0.05, 0) is 32.1 Å². The molecule has 0 radical (unpaired) electrons. The van der Waals surface area contributed by atoms with E-state index in [0.717, 1.165) is 32.1 Å². The number of unbranched alkanes of at least 4 members (excludes halogenated alkanes) is 1. The van der Waals surface area contributed by atoms with Crippen molar-refractivity contribution in [3.05, 3.63) is 0 Å². The fourth-order valence-corrected chi connectivity index (χ4v) is 1.98. The highest BCUT2D eigenvalue weighted by molar-refractivity contribution is 5.75. The van der Waals surface area contributed by atoms with E-state index in [-0.39, 0.29) is 12.1 Å². The van der Waals surface area contributed by atoms with Crippen LogP contribution in [0.25, 0.3) is 0 Å². The molecular weight excluding hydrogens is 190 g/mol. The minimum atomic E-state index is -0.410. The fourth-order valence-electron chi connectivity index (χ4n) is 1.98. The van der Waals surface area contributed by atoms with Gasteiger partial charge in [0, 0.05) is 0 Å². The Kier molecular flexibility index (Phi) is 5.69. The molecule has 1 aliphatic rings. The van der Waals surface area contributed by atoms with Crippen molar-refractivity contribution in [2.75, 3.05) is 0 Å². The quantitative estimate of drug-likeness (QED) is 0.713. The Morgan fingerprint density at radius 2 is 2.07 bits per heavy atom. The van der Waals surface area contributed by atoms with E-state index in [1.54, 1.807) is 0 Å². The second kappa shape index (κ2) is 6.83. The molecule has 88 valence electrons. The first-order valence-corrected chi connectivity index (χ1v) is 6.20. The van der Waals surface area contributed by atoms with Crippen molar-refractivity contribution in [1.82, 2.24) is 0 Å². The molecule has 0 amide bonds. The zero-order valence-corrected chi connectivity index (χ0v) is 9.71. The first kappa shape index (κ1) is 12.5. The van der Waals surface area contributed by atoms with Gasteiger partial charge < -0.3 is 10.5 Å². The summed E-state index contributed by atoms with van der Waals surface area (Å²) in [4.78, 5) is 11.6. The molecule has 1 fully saturated rings. The van der Waals surface area contributed by atoms with Crippen molar-refractivity contribution in [1.29, 1.82) is 0 Å². The van der Waals surface area contributed by atoms with Crippen molar-refractivity contribution in [2.45, 2.75) is 70.4 Å². The zero-order chi connectivity index (χ0) is 11.1. The summed E-state index contributed by atoms with van der Waals surface area (Å²) in [6, 6.07) is -0.410. The predicted molar refractivity (Wildman–Crippen MR) is 60.5 cm³/mol. The molecule has 0 aromatic carbocycles. The maximum atomic E-state index is 11.6. The van der Waals surface area contributed by atoms with Gasteiger partial charge in [-0.1, -0.05) is 26.2 Å². The normalized spacial score (nSPS) is 19.9. The third-order valence-electron chi connectivity index (χ3n) is 3.01. The Labute approximate surface area is 92.4 Å². The van der Waals surface area contributed by atoms with E-state index in [9.17, 15) is 4.79 Å². The van der Waals surface area contributed by atoms with Crippen molar-refractivity contribution in [3.8, 4) is 0 Å². The first-order chi connectivity index (χ1) is 7.24. The van der Waals surface area contributed by atoms with Crippen LogP contribution in [0, 0.1) is 0 Å². The Morgan fingerprint density at radius 3 is 2.67 bits per heavy atom. The van der Waals surface area contributed by atoms with E-state index < -0.39 is 6.04 Å². The largest absolute Gasteiger partial charge is 0.461 e. The molecule has 1 aliphatic carbocycles. The molecule has 0 aromatic heterocycles. The molecule has 2 N–H and O–H groups in total. The third-order valence-corrected chi connectivity index (χ3v) is 3.01. The minimum absolute atomic E-state index is 0.138. The molecule has 0 aromatic rings. The maximum absolute atomic E-state index is 11.6. The standard InChI is InChI=1S/C12H23NO2/c1-2-3-9-11(13)12(14)15-10-7-5-4-6-8-10/h10-11H,2-9,13H2,1H3/t11-/m0/s1. The second-order valence-electron chi connectivity index (χ2n) is 4.45. The Hall–Kier alpha value is -0.570. The summed E-state index contributed by atoms with van der Waals surface area (Å²) in [5, 5.41) is 0. The molecule has 0 bridgehead atoms. The highest BCUT2D eigenvalue weighted by Gasteiger charge is 2.21. The lowest BCUT2D eigenvalue weighted by atomic mass is 9.98. The van der Waals surface area contributed by atoms with Gasteiger partial charge in [0.05, 0.1) is 0 Å². The number of nitrogens with two attached hydrogens (primary N) is 1. The lowest BCUT2D eigenvalue weighted by molar-refractivity contribution is -0.152. The SMILES string of the molecule is CCCC[C@H](N)C(=O)OC1CCCCC1. The molecule has 3 nitrogen and oxygen atoms in total. The number of rotatable bonds is 5. The summed E-state index contributed by atoms with van der Waals surface area (Å²) in [6.07, 6.45) is 8.64. The minimum Gasteiger partial charge on any atom is -0.461 e. The molecule has 0 saturated heterocycles. The second-order valence-corrected chi connectivity index (χ2v) is 4.45. The average molecular weight is 213 g/mol. The van der Waals surface area contributed by atoms with Crippen molar-refractivity contribution in [2.24, 2.45) is 5.73 Å². The van der Waals surface area contributed by atoms with E-state index in [2.05, 4.69) is 6.92 Å². The van der Waals surface area contributed by atoms with Gasteiger partial charge in [0.2, 0.25) is 0 Å². The lowest BCUT2D eigenvalue weighted by Gasteiger charge is -2.23. The summed E-state index contributed by atoms with van der Waals surface area (Å²) in [7, 11) is 0. The van der Waals surface area contributed by atoms with Crippen LogP contribution in [0.2, 0.25) is 0 Å². The predicted octanol–water partition coefficient (Wildman–Crippen LogP) is 2.38. The molecule has 0 unspecified atom stereocenters. The Balaban J connectivity index is 2.20. The summed E-state index contributed by atoms with van der Waals surface area (Å²) in [6.45, 7) is 2.10. The highest BCUT2D eigenvalue weighted by Crippen LogP contribution is 2.20. The van der Waals surface area contributed by atoms with Crippen LogP contribution in [-0.2, 0) is 9.53 Å². The van der Waals surface area contributed by atoms with Crippen LogP contribution < -0.4 is 5.73 Å². The molecule has 1 saturated carbocycles. The average Bonchev–Trinajstić information content (AvgIpc) is 2.27. The van der Waals surface area contributed by atoms with Crippen LogP contribution in [0.5, 0.6) is 0 Å². The molecular formula is C12H23NO2. The van der Waals surface area contributed by atoms with Gasteiger partial charge in [-0.2, -0.15) is 0 Å². The first-order valence-electron chi connectivity index (χ1n) is 6.20. The monoisotopic (exact) mass is 213 g/mol. The molecule has 0 heterocycles. The maximum Gasteiger partial charge on any atom is 0.323 e. The van der Waals surface area contributed by atoms with E-state index in [0.29, 0.717) is 0 Å². The van der Waals surface area contributed by atoms with E-state index in [1.807, 2.05) is 0 Å². The molecule has 0 aliphatic heterocycles. The van der Waals surface area contributed by atoms with Gasteiger partial charge in [0.25, 0.3) is 0 Å². The van der Waals surface area contributed by atoms with Crippen LogP contribution in [0.15, 0.2) is 0 Å². The van der Waals surface area contributed by atoms with Crippen molar-refractivity contribution < 1.29 is 9.53 Å². The van der Waals surface area contributed by atoms with E-state index >= 15 is 0 Å². The van der Waals surface area contributed by atoms with Gasteiger partial charge in [-0.3, -0.25) is 4.79 Å². The smallest absolute Gasteiger partial charge is 0.323 e. The summed E-state index contributed by atoms with van der Waals surface area (Å²) >= 11 is 0. The number of carbonyl (C=O) groups excluding carboxylic acids is 1. The van der Waals surface area contributed by atoms with E-state index in [1.165, 1.54) is 19.3 Å². The van der Waals surface area contributed by atoms with Crippen molar-refractivity contribution in [3.63, 3.8) is 0 Å².